The van der Waals surface area contributed by atoms with E-state index in [0.717, 1.165) is 23.8 Å². The zero-order valence-electron chi connectivity index (χ0n) is 9.21. The van der Waals surface area contributed by atoms with Gasteiger partial charge in [0.15, 0.2) is 0 Å². The summed E-state index contributed by atoms with van der Waals surface area (Å²) in [6.45, 7) is 5.71. The smallest absolute Gasteiger partial charge is 0.270 e. The van der Waals surface area contributed by atoms with Crippen molar-refractivity contribution in [2.75, 3.05) is 7.11 Å². The maximum atomic E-state index is 11.6. The summed E-state index contributed by atoms with van der Waals surface area (Å²) in [5.74, 6) is 0. The van der Waals surface area contributed by atoms with Crippen LogP contribution in [0.5, 0.6) is 0 Å². The second-order valence-corrected chi connectivity index (χ2v) is 5.62. The summed E-state index contributed by atoms with van der Waals surface area (Å²) >= 11 is 0. The molecule has 3 radical (unpaired) electrons. The van der Waals surface area contributed by atoms with Gasteiger partial charge in [0.25, 0.3) is 10.1 Å². The zero-order chi connectivity index (χ0) is 11.8. The van der Waals surface area contributed by atoms with Crippen molar-refractivity contribution in [3.63, 3.8) is 0 Å². The molecule has 0 spiro atoms. The van der Waals surface area contributed by atoms with Crippen molar-refractivity contribution in [2.24, 2.45) is 0 Å². The molecule has 0 bridgehead atoms. The Labute approximate surface area is 94.0 Å². The molecule has 0 saturated heterocycles. The third-order valence-corrected chi connectivity index (χ3v) is 4.74. The third kappa shape index (κ3) is 2.14. The molecule has 81 valence electrons. The van der Waals surface area contributed by atoms with Crippen LogP contribution in [-0.2, 0) is 14.3 Å². The van der Waals surface area contributed by atoms with Crippen LogP contribution in [0.4, 0.5) is 0 Å². The van der Waals surface area contributed by atoms with Crippen LogP contribution in [0.2, 0.25) is 0 Å². The molecule has 0 fully saturated rings. The molecule has 15 heavy (non-hydrogen) atoms. The SMILES string of the molecule is COS(=O)(=O)c1cc(C)c(C)c(C)c1[Si]. The van der Waals surface area contributed by atoms with Gasteiger partial charge in [-0.2, -0.15) is 8.42 Å². The Hall–Kier alpha value is -0.653. The van der Waals surface area contributed by atoms with Crippen molar-refractivity contribution in [3.8, 4) is 0 Å². The van der Waals surface area contributed by atoms with Crippen LogP contribution in [0.3, 0.4) is 0 Å². The molecule has 0 aromatic heterocycles. The molecule has 5 heteroatoms. The van der Waals surface area contributed by atoms with Gasteiger partial charge in [-0.3, -0.25) is 4.18 Å². The van der Waals surface area contributed by atoms with Gasteiger partial charge < -0.3 is 0 Å². The van der Waals surface area contributed by atoms with Crippen LogP contribution in [0.1, 0.15) is 16.7 Å². The van der Waals surface area contributed by atoms with E-state index in [0.29, 0.717) is 5.19 Å². The van der Waals surface area contributed by atoms with E-state index in [1.807, 2.05) is 20.8 Å². The topological polar surface area (TPSA) is 43.4 Å². The molecule has 0 atom stereocenters. The number of hydrogen-bond donors (Lipinski definition) is 0. The van der Waals surface area contributed by atoms with Gasteiger partial charge >= 0.3 is 0 Å². The Morgan fingerprint density at radius 1 is 1.20 bits per heavy atom. The average molecular weight is 241 g/mol. The van der Waals surface area contributed by atoms with Gasteiger partial charge in [-0.25, -0.2) is 0 Å². The first-order valence-corrected chi connectivity index (χ1v) is 6.35. The largest absolute Gasteiger partial charge is 0.296 e. The highest BCUT2D eigenvalue weighted by Crippen LogP contribution is 2.17. The van der Waals surface area contributed by atoms with E-state index < -0.39 is 10.1 Å². The Balaban J connectivity index is 3.60. The van der Waals surface area contributed by atoms with Gasteiger partial charge in [0.2, 0.25) is 0 Å². The first-order valence-electron chi connectivity index (χ1n) is 4.44. The van der Waals surface area contributed by atoms with E-state index in [9.17, 15) is 8.42 Å². The lowest BCUT2D eigenvalue weighted by Crippen LogP contribution is -2.21. The highest BCUT2D eigenvalue weighted by Gasteiger charge is 2.18. The van der Waals surface area contributed by atoms with Crippen molar-refractivity contribution >= 4 is 25.5 Å². The predicted octanol–water partition coefficient (Wildman–Crippen LogP) is 0.741. The van der Waals surface area contributed by atoms with Gasteiger partial charge in [-0.1, -0.05) is 0 Å². The minimum absolute atomic E-state index is 0.183. The second-order valence-electron chi connectivity index (χ2n) is 3.44. The standard InChI is InChI=1S/C10H13O3SSi/c1-6-5-9(14(11,12)13-4)10(15)8(3)7(6)2/h5H,1-4H3. The highest BCUT2D eigenvalue weighted by atomic mass is 32.2. The van der Waals surface area contributed by atoms with Crippen LogP contribution in [0.15, 0.2) is 11.0 Å². The molecule has 0 amide bonds. The Morgan fingerprint density at radius 3 is 2.20 bits per heavy atom. The summed E-state index contributed by atoms with van der Waals surface area (Å²) in [7, 11) is 0.857. The summed E-state index contributed by atoms with van der Waals surface area (Å²) < 4.78 is 27.7. The second kappa shape index (κ2) is 4.07. The first-order chi connectivity index (χ1) is 6.81. The molecule has 1 aromatic rings. The van der Waals surface area contributed by atoms with Gasteiger partial charge in [0.1, 0.15) is 0 Å². The van der Waals surface area contributed by atoms with Crippen LogP contribution in [0, 0.1) is 20.8 Å². The molecular formula is C10H13O3SSi. The highest BCUT2D eigenvalue weighted by molar-refractivity contribution is 7.87. The van der Waals surface area contributed by atoms with Crippen molar-refractivity contribution in [1.29, 1.82) is 0 Å². The number of benzene rings is 1. The minimum Gasteiger partial charge on any atom is -0.270 e. The lowest BCUT2D eigenvalue weighted by Gasteiger charge is -2.13. The van der Waals surface area contributed by atoms with Gasteiger partial charge in [0.05, 0.1) is 22.2 Å². The Morgan fingerprint density at radius 2 is 1.73 bits per heavy atom. The quantitative estimate of drug-likeness (QED) is 0.566. The molecule has 0 aliphatic rings. The van der Waals surface area contributed by atoms with E-state index in [4.69, 9.17) is 0 Å². The molecule has 0 saturated carbocycles. The summed E-state index contributed by atoms with van der Waals surface area (Å²) in [5, 5.41) is 0.569. The Kier molecular flexibility index (Phi) is 3.37. The average Bonchev–Trinajstić information content (AvgIpc) is 2.20. The monoisotopic (exact) mass is 241 g/mol. The normalized spacial score (nSPS) is 11.8. The van der Waals surface area contributed by atoms with Crippen molar-refractivity contribution < 1.29 is 12.6 Å². The van der Waals surface area contributed by atoms with Crippen LogP contribution in [0.25, 0.3) is 0 Å². The number of aryl methyl sites for hydroxylation is 1. The molecule has 3 nitrogen and oxygen atoms in total. The van der Waals surface area contributed by atoms with E-state index in [1.54, 1.807) is 6.07 Å². The molecule has 0 N–H and O–H groups in total. The van der Waals surface area contributed by atoms with Gasteiger partial charge in [0, 0.05) is 0 Å². The molecular weight excluding hydrogens is 228 g/mol. The summed E-state index contributed by atoms with van der Waals surface area (Å²) in [6.07, 6.45) is 0. The summed E-state index contributed by atoms with van der Waals surface area (Å²) in [4.78, 5) is 0.183. The van der Waals surface area contributed by atoms with Crippen molar-refractivity contribution in [2.45, 2.75) is 25.7 Å². The summed E-state index contributed by atoms with van der Waals surface area (Å²) in [5.41, 5.74) is 2.93. The van der Waals surface area contributed by atoms with E-state index >= 15 is 0 Å². The van der Waals surface area contributed by atoms with E-state index in [2.05, 4.69) is 14.4 Å². The van der Waals surface area contributed by atoms with Crippen LogP contribution in [-0.4, -0.2) is 25.8 Å². The molecule has 0 aliphatic carbocycles. The van der Waals surface area contributed by atoms with Gasteiger partial charge in [-0.15, -0.1) is 0 Å². The molecule has 0 unspecified atom stereocenters. The van der Waals surface area contributed by atoms with E-state index in [-0.39, 0.29) is 4.90 Å². The maximum Gasteiger partial charge on any atom is 0.296 e. The fourth-order valence-corrected chi connectivity index (χ4v) is 2.87. The first kappa shape index (κ1) is 12.4. The van der Waals surface area contributed by atoms with Crippen molar-refractivity contribution in [1.82, 2.24) is 0 Å². The Bertz CT molecular complexity index is 492. The molecule has 0 heterocycles. The van der Waals surface area contributed by atoms with Crippen LogP contribution >= 0.6 is 0 Å². The molecule has 0 aliphatic heterocycles. The molecule has 1 rings (SSSR count). The number of hydrogen-bond acceptors (Lipinski definition) is 3. The fraction of sp³-hybridized carbons (Fsp3) is 0.400. The lowest BCUT2D eigenvalue weighted by atomic mass is 10.0. The third-order valence-electron chi connectivity index (χ3n) is 2.61. The zero-order valence-corrected chi connectivity index (χ0v) is 11.0. The predicted molar refractivity (Wildman–Crippen MR) is 60.2 cm³/mol. The fourth-order valence-electron chi connectivity index (χ4n) is 1.33. The van der Waals surface area contributed by atoms with Gasteiger partial charge in [-0.05, 0) is 48.7 Å². The van der Waals surface area contributed by atoms with Crippen molar-refractivity contribution in [3.05, 3.63) is 22.8 Å². The summed E-state index contributed by atoms with van der Waals surface area (Å²) in [6, 6.07) is 1.61. The number of rotatable bonds is 2. The minimum atomic E-state index is -3.64. The lowest BCUT2D eigenvalue weighted by molar-refractivity contribution is 0.398. The molecule has 1 aromatic carbocycles. The van der Waals surface area contributed by atoms with Crippen LogP contribution < -0.4 is 5.19 Å². The maximum absolute atomic E-state index is 11.6. The van der Waals surface area contributed by atoms with E-state index in [1.165, 1.54) is 0 Å².